The Morgan fingerprint density at radius 2 is 1.81 bits per heavy atom. The fourth-order valence-corrected chi connectivity index (χ4v) is 2.85. The predicted molar refractivity (Wildman–Crippen MR) is 73.6 cm³/mol. The van der Waals surface area contributed by atoms with Gasteiger partial charge in [0, 0.05) is 0 Å². The van der Waals surface area contributed by atoms with E-state index in [1.165, 1.54) is 12.1 Å². The number of benzene rings is 1. The van der Waals surface area contributed by atoms with Crippen LogP contribution in [0.5, 0.6) is 0 Å². The normalized spacial score (nSPS) is 17.7. The van der Waals surface area contributed by atoms with E-state index in [1.54, 1.807) is 12.1 Å². The molecule has 0 aliphatic heterocycles. The molecule has 0 radical (unpaired) electrons. The Bertz CT molecular complexity index is 496. The highest BCUT2D eigenvalue weighted by Crippen LogP contribution is 2.41. The summed E-state index contributed by atoms with van der Waals surface area (Å²) in [5.74, 6) is -3.93. The fourth-order valence-electron chi connectivity index (χ4n) is 2.85. The van der Waals surface area contributed by atoms with Crippen LogP contribution in [0.2, 0.25) is 0 Å². The van der Waals surface area contributed by atoms with Crippen molar-refractivity contribution in [2.75, 3.05) is 13.1 Å². The molecule has 1 aromatic rings. The van der Waals surface area contributed by atoms with Gasteiger partial charge in [-0.2, -0.15) is 0 Å². The smallest absolute Gasteiger partial charge is 0.277 e. The molecular formula is C15H19F3N2O. The number of carbonyl (C=O) groups excluding carboxylic acids is 1. The number of nitrogens with one attached hydrogen (secondary N) is 1. The zero-order valence-corrected chi connectivity index (χ0v) is 11.7. The van der Waals surface area contributed by atoms with Crippen molar-refractivity contribution < 1.29 is 18.0 Å². The standard InChI is InChI=1S/C15H19F3N2O/c16-12-5-3-11(4-6-12)14(7-1-2-8-14)13(21)20-10-15(17,18)9-19/h3-6H,1-2,7-10,19H2,(H,20,21). The maximum atomic E-state index is 13.2. The van der Waals surface area contributed by atoms with E-state index in [2.05, 4.69) is 5.32 Å². The average molecular weight is 300 g/mol. The maximum Gasteiger partial charge on any atom is 0.277 e. The molecule has 1 aromatic carbocycles. The van der Waals surface area contributed by atoms with Crippen LogP contribution < -0.4 is 11.1 Å². The van der Waals surface area contributed by atoms with Gasteiger partial charge in [-0.3, -0.25) is 4.79 Å². The Morgan fingerprint density at radius 3 is 2.33 bits per heavy atom. The van der Waals surface area contributed by atoms with Crippen molar-refractivity contribution in [2.45, 2.75) is 37.0 Å². The van der Waals surface area contributed by atoms with Crippen molar-refractivity contribution in [3.63, 3.8) is 0 Å². The summed E-state index contributed by atoms with van der Waals surface area (Å²) in [7, 11) is 0. The predicted octanol–water partition coefficient (Wildman–Crippen LogP) is 2.35. The fraction of sp³-hybridized carbons (Fsp3) is 0.533. The van der Waals surface area contributed by atoms with Crippen LogP contribution in [0, 0.1) is 5.82 Å². The van der Waals surface area contributed by atoms with Gasteiger partial charge in [0.1, 0.15) is 5.82 Å². The van der Waals surface area contributed by atoms with Gasteiger partial charge in [-0.05, 0) is 30.5 Å². The molecule has 0 aromatic heterocycles. The molecule has 0 saturated heterocycles. The molecule has 1 aliphatic carbocycles. The van der Waals surface area contributed by atoms with Crippen LogP contribution in [-0.4, -0.2) is 24.9 Å². The summed E-state index contributed by atoms with van der Waals surface area (Å²) >= 11 is 0. The first kappa shape index (κ1) is 15.8. The monoisotopic (exact) mass is 300 g/mol. The Balaban J connectivity index is 2.18. The van der Waals surface area contributed by atoms with Gasteiger partial charge in [0.25, 0.3) is 5.92 Å². The SMILES string of the molecule is NCC(F)(F)CNC(=O)C1(c2ccc(F)cc2)CCCC1. The van der Waals surface area contributed by atoms with Crippen molar-refractivity contribution in [1.82, 2.24) is 5.32 Å². The van der Waals surface area contributed by atoms with E-state index >= 15 is 0 Å². The van der Waals surface area contributed by atoms with E-state index in [9.17, 15) is 18.0 Å². The molecule has 1 saturated carbocycles. The molecule has 2 rings (SSSR count). The molecule has 3 N–H and O–H groups in total. The molecule has 0 atom stereocenters. The minimum atomic E-state index is -3.11. The molecule has 0 bridgehead atoms. The van der Waals surface area contributed by atoms with Crippen LogP contribution in [0.1, 0.15) is 31.2 Å². The molecule has 3 nitrogen and oxygen atoms in total. The molecule has 1 amide bonds. The molecule has 0 unspecified atom stereocenters. The topological polar surface area (TPSA) is 55.1 Å². The van der Waals surface area contributed by atoms with Gasteiger partial charge < -0.3 is 11.1 Å². The minimum Gasteiger partial charge on any atom is -0.349 e. The van der Waals surface area contributed by atoms with Gasteiger partial charge in [-0.15, -0.1) is 0 Å². The highest BCUT2D eigenvalue weighted by atomic mass is 19.3. The van der Waals surface area contributed by atoms with E-state index < -0.39 is 30.3 Å². The van der Waals surface area contributed by atoms with Crippen molar-refractivity contribution >= 4 is 5.91 Å². The molecule has 1 fully saturated rings. The number of hydrogen-bond acceptors (Lipinski definition) is 2. The molecule has 21 heavy (non-hydrogen) atoms. The van der Waals surface area contributed by atoms with E-state index in [0.29, 0.717) is 18.4 Å². The summed E-state index contributed by atoms with van der Waals surface area (Å²) in [4.78, 5) is 12.4. The Labute approximate surface area is 121 Å². The molecule has 1 aliphatic rings. The lowest BCUT2D eigenvalue weighted by Crippen LogP contribution is -2.48. The number of halogens is 3. The van der Waals surface area contributed by atoms with Gasteiger partial charge in [-0.25, -0.2) is 13.2 Å². The summed E-state index contributed by atoms with van der Waals surface area (Å²) in [6.45, 7) is -1.58. The third kappa shape index (κ3) is 3.37. The van der Waals surface area contributed by atoms with E-state index in [1.807, 2.05) is 0 Å². The number of rotatable bonds is 5. The van der Waals surface area contributed by atoms with Gasteiger partial charge in [0.05, 0.1) is 18.5 Å². The zero-order chi connectivity index (χ0) is 15.5. The third-order valence-corrected chi connectivity index (χ3v) is 4.09. The summed E-state index contributed by atoms with van der Waals surface area (Å²) in [5, 5.41) is 2.31. The van der Waals surface area contributed by atoms with Crippen LogP contribution in [0.4, 0.5) is 13.2 Å². The molecule has 0 spiro atoms. The van der Waals surface area contributed by atoms with Gasteiger partial charge >= 0.3 is 0 Å². The third-order valence-electron chi connectivity index (χ3n) is 4.09. The van der Waals surface area contributed by atoms with E-state index in [4.69, 9.17) is 5.73 Å². The summed E-state index contributed by atoms with van der Waals surface area (Å²) in [6, 6.07) is 5.69. The number of carbonyl (C=O) groups is 1. The number of hydrogen-bond donors (Lipinski definition) is 2. The van der Waals surface area contributed by atoms with Gasteiger partial charge in [0.2, 0.25) is 5.91 Å². The van der Waals surface area contributed by atoms with Crippen molar-refractivity contribution in [1.29, 1.82) is 0 Å². The van der Waals surface area contributed by atoms with Crippen LogP contribution in [0.15, 0.2) is 24.3 Å². The summed E-state index contributed by atoms with van der Waals surface area (Å²) in [5.41, 5.74) is 4.80. The second-order valence-corrected chi connectivity index (χ2v) is 5.54. The highest BCUT2D eigenvalue weighted by molar-refractivity contribution is 5.88. The van der Waals surface area contributed by atoms with Crippen molar-refractivity contribution in [3.8, 4) is 0 Å². The second kappa shape index (κ2) is 6.05. The Kier molecular flexibility index (Phi) is 4.56. The van der Waals surface area contributed by atoms with Gasteiger partial charge in [0.15, 0.2) is 0 Å². The molecule has 0 heterocycles. The zero-order valence-electron chi connectivity index (χ0n) is 11.7. The summed E-state index contributed by atoms with van der Waals surface area (Å²) < 4.78 is 39.4. The first-order valence-corrected chi connectivity index (χ1v) is 7.02. The Morgan fingerprint density at radius 1 is 1.24 bits per heavy atom. The largest absolute Gasteiger partial charge is 0.349 e. The lowest BCUT2D eigenvalue weighted by molar-refractivity contribution is -0.128. The maximum absolute atomic E-state index is 13.2. The quantitative estimate of drug-likeness (QED) is 0.877. The first-order valence-electron chi connectivity index (χ1n) is 7.02. The number of nitrogens with two attached hydrogens (primary N) is 1. The van der Waals surface area contributed by atoms with Gasteiger partial charge in [-0.1, -0.05) is 25.0 Å². The van der Waals surface area contributed by atoms with E-state index in [-0.39, 0.29) is 5.82 Å². The van der Waals surface area contributed by atoms with Crippen molar-refractivity contribution in [3.05, 3.63) is 35.6 Å². The lowest BCUT2D eigenvalue weighted by atomic mass is 9.78. The van der Waals surface area contributed by atoms with E-state index in [0.717, 1.165) is 12.8 Å². The summed E-state index contributed by atoms with van der Waals surface area (Å²) in [6.07, 6.45) is 2.85. The van der Waals surface area contributed by atoms with Crippen LogP contribution >= 0.6 is 0 Å². The molecular weight excluding hydrogens is 281 g/mol. The highest BCUT2D eigenvalue weighted by Gasteiger charge is 2.43. The Hall–Kier alpha value is -1.56. The first-order chi connectivity index (χ1) is 9.89. The lowest BCUT2D eigenvalue weighted by Gasteiger charge is -2.29. The molecule has 6 heteroatoms. The number of alkyl halides is 2. The van der Waals surface area contributed by atoms with Crippen LogP contribution in [0.25, 0.3) is 0 Å². The van der Waals surface area contributed by atoms with Crippen LogP contribution in [0.3, 0.4) is 0 Å². The second-order valence-electron chi connectivity index (χ2n) is 5.54. The molecule has 116 valence electrons. The average Bonchev–Trinajstić information content (AvgIpc) is 2.96. The number of amides is 1. The van der Waals surface area contributed by atoms with Crippen LogP contribution in [-0.2, 0) is 10.2 Å². The minimum absolute atomic E-state index is 0.387. The van der Waals surface area contributed by atoms with Crippen molar-refractivity contribution in [2.24, 2.45) is 5.73 Å².